The summed E-state index contributed by atoms with van der Waals surface area (Å²) in [5.41, 5.74) is 9.46. The Hall–Kier alpha value is -3.51. The van der Waals surface area contributed by atoms with Crippen LogP contribution in [0.3, 0.4) is 0 Å². The van der Waals surface area contributed by atoms with E-state index >= 15 is 0 Å². The van der Waals surface area contributed by atoms with Gasteiger partial charge in [-0.1, -0.05) is 48.0 Å². The highest BCUT2D eigenvalue weighted by molar-refractivity contribution is 6.35. The molecule has 4 aromatic rings. The molecular weight excluding hydrogens is 412 g/mol. The van der Waals surface area contributed by atoms with Crippen LogP contribution in [0.25, 0.3) is 33.4 Å². The first-order valence-electron chi connectivity index (χ1n) is 10.0. The number of hydrogen-bond acceptors (Lipinski definition) is 6. The Kier molecular flexibility index (Phi) is 5.00. The van der Waals surface area contributed by atoms with Gasteiger partial charge in [0.1, 0.15) is 0 Å². The van der Waals surface area contributed by atoms with Gasteiger partial charge in [0.2, 0.25) is 0 Å². The van der Waals surface area contributed by atoms with Crippen LogP contribution in [-0.2, 0) is 4.74 Å². The fraction of sp³-hybridized carbons (Fsp3) is 0.167. The monoisotopic (exact) mass is 430 g/mol. The van der Waals surface area contributed by atoms with Crippen molar-refractivity contribution in [2.24, 2.45) is 5.92 Å². The van der Waals surface area contributed by atoms with E-state index < -0.39 is 5.97 Å². The number of nitrogens with zero attached hydrogens (tertiary/aromatic N) is 3. The number of benzene rings is 2. The van der Waals surface area contributed by atoms with E-state index in [9.17, 15) is 4.79 Å². The van der Waals surface area contributed by atoms with E-state index in [1.54, 1.807) is 12.3 Å². The van der Waals surface area contributed by atoms with Gasteiger partial charge in [-0.3, -0.25) is 4.98 Å². The maximum atomic E-state index is 12.7. The molecule has 2 aromatic carbocycles. The number of ether oxygens (including phenoxy) is 1. The largest absolute Gasteiger partial charge is 0.461 e. The van der Waals surface area contributed by atoms with Crippen molar-refractivity contribution in [3.05, 3.63) is 71.5 Å². The number of fused-ring (bicyclic) bond motifs is 1. The molecule has 0 radical (unpaired) electrons. The van der Waals surface area contributed by atoms with E-state index in [0.29, 0.717) is 40.0 Å². The highest BCUT2D eigenvalue weighted by Gasteiger charge is 2.26. The average Bonchev–Trinajstić information content (AvgIpc) is 3.62. The molecule has 5 rings (SSSR count). The van der Waals surface area contributed by atoms with Crippen LogP contribution in [-0.4, -0.2) is 27.5 Å². The number of pyridine rings is 1. The molecule has 2 aromatic heterocycles. The molecule has 0 spiro atoms. The van der Waals surface area contributed by atoms with Gasteiger partial charge in [0.25, 0.3) is 0 Å². The first-order valence-corrected chi connectivity index (χ1v) is 10.4. The average molecular weight is 431 g/mol. The lowest BCUT2D eigenvalue weighted by Gasteiger charge is -2.14. The quantitative estimate of drug-likeness (QED) is 0.439. The fourth-order valence-electron chi connectivity index (χ4n) is 3.43. The number of anilines is 1. The van der Waals surface area contributed by atoms with Gasteiger partial charge in [0.15, 0.2) is 11.5 Å². The Labute approximate surface area is 184 Å². The Morgan fingerprint density at radius 2 is 1.81 bits per heavy atom. The third-order valence-electron chi connectivity index (χ3n) is 5.24. The van der Waals surface area contributed by atoms with Crippen molar-refractivity contribution < 1.29 is 9.53 Å². The summed E-state index contributed by atoms with van der Waals surface area (Å²) in [5.74, 6) is -0.0868. The number of esters is 1. The van der Waals surface area contributed by atoms with E-state index in [-0.39, 0.29) is 11.5 Å². The second kappa shape index (κ2) is 7.96. The smallest absolute Gasteiger partial charge is 0.360 e. The van der Waals surface area contributed by atoms with Gasteiger partial charge in [0.05, 0.1) is 28.5 Å². The van der Waals surface area contributed by atoms with Gasteiger partial charge in [-0.05, 0) is 37.0 Å². The van der Waals surface area contributed by atoms with Gasteiger partial charge in [-0.15, -0.1) is 0 Å². The number of carbonyl (C=O) groups is 1. The lowest BCUT2D eigenvalue weighted by atomic mass is 10.0. The lowest BCUT2D eigenvalue weighted by Crippen LogP contribution is -2.15. The van der Waals surface area contributed by atoms with Gasteiger partial charge >= 0.3 is 5.97 Å². The van der Waals surface area contributed by atoms with Crippen molar-refractivity contribution in [1.29, 1.82) is 0 Å². The first kappa shape index (κ1) is 19.5. The van der Waals surface area contributed by atoms with Crippen LogP contribution < -0.4 is 5.73 Å². The van der Waals surface area contributed by atoms with Crippen LogP contribution in [0.15, 0.2) is 60.8 Å². The molecule has 1 fully saturated rings. The molecule has 2 N–H and O–H groups in total. The van der Waals surface area contributed by atoms with E-state index in [1.807, 2.05) is 48.5 Å². The molecule has 6 nitrogen and oxygen atoms in total. The van der Waals surface area contributed by atoms with Crippen molar-refractivity contribution in [1.82, 2.24) is 15.0 Å². The van der Waals surface area contributed by atoms with Crippen LogP contribution >= 0.6 is 11.6 Å². The number of rotatable bonds is 5. The minimum absolute atomic E-state index is 0.0118. The van der Waals surface area contributed by atoms with E-state index in [1.165, 1.54) is 0 Å². The van der Waals surface area contributed by atoms with Crippen LogP contribution in [0.1, 0.15) is 23.3 Å². The molecule has 0 bridgehead atoms. The number of hydrogen-bond donors (Lipinski definition) is 1. The zero-order valence-corrected chi connectivity index (χ0v) is 17.3. The fourth-order valence-corrected chi connectivity index (χ4v) is 3.70. The molecular formula is C24H19ClN4O2. The molecule has 0 atom stereocenters. The minimum atomic E-state index is -0.564. The van der Waals surface area contributed by atoms with Crippen LogP contribution in [0.4, 0.5) is 5.82 Å². The number of carbonyl (C=O) groups excluding carboxylic acids is 1. The molecule has 2 heterocycles. The van der Waals surface area contributed by atoms with Crippen molar-refractivity contribution in [2.45, 2.75) is 12.8 Å². The topological polar surface area (TPSA) is 91.0 Å². The summed E-state index contributed by atoms with van der Waals surface area (Å²) in [6.07, 6.45) is 3.85. The SMILES string of the molecule is Nc1nc(-c2ccccc2)c(-c2cc(Cl)c3ncccc3c2)nc1C(=O)OCC1CC1. The summed E-state index contributed by atoms with van der Waals surface area (Å²) in [6.45, 7) is 0.378. The third-order valence-corrected chi connectivity index (χ3v) is 5.53. The van der Waals surface area contributed by atoms with E-state index in [4.69, 9.17) is 22.1 Å². The number of nitrogens with two attached hydrogens (primary N) is 1. The number of nitrogen functional groups attached to an aromatic ring is 1. The van der Waals surface area contributed by atoms with Crippen molar-refractivity contribution >= 4 is 34.3 Å². The molecule has 0 aliphatic heterocycles. The highest BCUT2D eigenvalue weighted by atomic mass is 35.5. The Bertz CT molecular complexity index is 1290. The summed E-state index contributed by atoms with van der Waals surface area (Å²) in [4.78, 5) is 26.2. The molecule has 154 valence electrons. The predicted molar refractivity (Wildman–Crippen MR) is 121 cm³/mol. The van der Waals surface area contributed by atoms with E-state index in [0.717, 1.165) is 23.8 Å². The number of halogens is 1. The molecule has 31 heavy (non-hydrogen) atoms. The van der Waals surface area contributed by atoms with Crippen LogP contribution in [0.2, 0.25) is 5.02 Å². The molecule has 1 saturated carbocycles. The van der Waals surface area contributed by atoms with Gasteiger partial charge in [-0.2, -0.15) is 0 Å². The second-order valence-corrected chi connectivity index (χ2v) is 8.00. The molecule has 1 aliphatic rings. The van der Waals surface area contributed by atoms with Gasteiger partial charge in [-0.25, -0.2) is 14.8 Å². The zero-order valence-electron chi connectivity index (χ0n) is 16.6. The Balaban J connectivity index is 1.67. The van der Waals surface area contributed by atoms with Crippen molar-refractivity contribution in [2.75, 3.05) is 12.3 Å². The summed E-state index contributed by atoms with van der Waals surface area (Å²) in [7, 11) is 0. The lowest BCUT2D eigenvalue weighted by molar-refractivity contribution is 0.0480. The molecule has 1 aliphatic carbocycles. The minimum Gasteiger partial charge on any atom is -0.461 e. The van der Waals surface area contributed by atoms with Crippen LogP contribution in [0.5, 0.6) is 0 Å². The zero-order chi connectivity index (χ0) is 21.4. The standard InChI is InChI=1S/C24H19ClN4O2/c25-18-12-17(11-16-7-4-10-27-19(16)18)21-20(15-5-2-1-3-6-15)29-23(26)22(28-21)24(30)31-13-14-8-9-14/h1-7,10-12,14H,8-9,13H2,(H2,26,29). The van der Waals surface area contributed by atoms with Crippen molar-refractivity contribution in [3.63, 3.8) is 0 Å². The molecule has 7 heteroatoms. The maximum Gasteiger partial charge on any atom is 0.360 e. The molecule has 0 saturated heterocycles. The summed E-state index contributed by atoms with van der Waals surface area (Å²) < 4.78 is 5.41. The first-order chi connectivity index (χ1) is 15.1. The normalized spacial score (nSPS) is 13.3. The Morgan fingerprint density at radius 3 is 2.58 bits per heavy atom. The maximum absolute atomic E-state index is 12.7. The second-order valence-electron chi connectivity index (χ2n) is 7.60. The third kappa shape index (κ3) is 3.94. The summed E-state index contributed by atoms with van der Waals surface area (Å²) >= 11 is 6.51. The highest BCUT2D eigenvalue weighted by Crippen LogP contribution is 2.35. The molecule has 0 unspecified atom stereocenters. The van der Waals surface area contributed by atoms with Crippen LogP contribution in [0, 0.1) is 5.92 Å². The summed E-state index contributed by atoms with van der Waals surface area (Å²) in [5, 5.41) is 1.35. The number of aromatic nitrogens is 3. The predicted octanol–water partition coefficient (Wildman–Crippen LogP) is 5.16. The summed E-state index contributed by atoms with van der Waals surface area (Å²) in [6, 6.07) is 17.1. The molecule has 0 amide bonds. The van der Waals surface area contributed by atoms with Gasteiger partial charge in [0, 0.05) is 22.7 Å². The Morgan fingerprint density at radius 1 is 1.03 bits per heavy atom. The van der Waals surface area contributed by atoms with Crippen molar-refractivity contribution in [3.8, 4) is 22.5 Å². The van der Waals surface area contributed by atoms with E-state index in [2.05, 4.69) is 15.0 Å². The van der Waals surface area contributed by atoms with Gasteiger partial charge < -0.3 is 10.5 Å².